The number of carbonyl (C=O) groups excluding carboxylic acids is 1. The highest BCUT2D eigenvalue weighted by Crippen LogP contribution is 2.21. The van der Waals surface area contributed by atoms with E-state index in [4.69, 9.17) is 16.3 Å². The summed E-state index contributed by atoms with van der Waals surface area (Å²) in [4.78, 5) is 11.8. The van der Waals surface area contributed by atoms with Crippen molar-refractivity contribution in [3.05, 3.63) is 64.7 Å². The van der Waals surface area contributed by atoms with Crippen LogP contribution >= 0.6 is 11.6 Å². The summed E-state index contributed by atoms with van der Waals surface area (Å²) in [6.07, 6.45) is 0. The van der Waals surface area contributed by atoms with Gasteiger partial charge in [0.15, 0.2) is 29.8 Å². The predicted octanol–water partition coefficient (Wildman–Crippen LogP) is 3.88. The van der Waals surface area contributed by atoms with Crippen LogP contribution in [0.4, 0.5) is 8.78 Å². The molecule has 98 valence electrons. The summed E-state index contributed by atoms with van der Waals surface area (Å²) in [7, 11) is 0. The minimum atomic E-state index is -0.848. The molecule has 2 rings (SSSR count). The van der Waals surface area contributed by atoms with Crippen molar-refractivity contribution in [1.82, 2.24) is 0 Å². The minimum absolute atomic E-state index is 0.323. The normalized spacial score (nSPS) is 10.3. The van der Waals surface area contributed by atoms with Gasteiger partial charge in [0.1, 0.15) is 0 Å². The fourth-order valence-electron chi connectivity index (χ4n) is 1.50. The lowest BCUT2D eigenvalue weighted by atomic mass is 10.1. The summed E-state index contributed by atoms with van der Waals surface area (Å²) in [6.45, 7) is -0.460. The lowest BCUT2D eigenvalue weighted by molar-refractivity contribution is 0.0915. The van der Waals surface area contributed by atoms with Gasteiger partial charge in [0.05, 0.1) is 0 Å². The maximum absolute atomic E-state index is 13.3. The van der Waals surface area contributed by atoms with Gasteiger partial charge in [-0.25, -0.2) is 8.78 Å². The fraction of sp³-hybridized carbons (Fsp3) is 0.0714. The zero-order valence-electron chi connectivity index (χ0n) is 9.70. The highest BCUT2D eigenvalue weighted by Gasteiger charge is 2.13. The maximum Gasteiger partial charge on any atom is 0.200 e. The topological polar surface area (TPSA) is 26.3 Å². The molecule has 0 aliphatic carbocycles. The average molecular weight is 283 g/mol. The van der Waals surface area contributed by atoms with Crippen LogP contribution < -0.4 is 4.74 Å². The zero-order valence-corrected chi connectivity index (χ0v) is 10.5. The number of halogens is 3. The molecular formula is C14H9ClF2O2. The molecule has 0 saturated carbocycles. The van der Waals surface area contributed by atoms with E-state index in [-0.39, 0.29) is 0 Å². The number of carbonyl (C=O) groups is 1. The molecular weight excluding hydrogens is 274 g/mol. The molecule has 0 fully saturated rings. The van der Waals surface area contributed by atoms with Crippen LogP contribution in [0, 0.1) is 11.6 Å². The lowest BCUT2D eigenvalue weighted by Gasteiger charge is -2.07. The Morgan fingerprint density at radius 2 is 1.74 bits per heavy atom. The first-order valence-corrected chi connectivity index (χ1v) is 5.81. The lowest BCUT2D eigenvalue weighted by Crippen LogP contribution is -2.13. The molecule has 0 aromatic heterocycles. The van der Waals surface area contributed by atoms with Crippen LogP contribution in [0.2, 0.25) is 5.02 Å². The highest BCUT2D eigenvalue weighted by molar-refractivity contribution is 6.31. The van der Waals surface area contributed by atoms with Crippen molar-refractivity contribution in [3.8, 4) is 5.75 Å². The number of ether oxygens (including phenoxy) is 1. The molecule has 0 aliphatic rings. The van der Waals surface area contributed by atoms with Gasteiger partial charge in [-0.15, -0.1) is 0 Å². The van der Waals surface area contributed by atoms with E-state index in [1.54, 1.807) is 18.2 Å². The molecule has 0 saturated heterocycles. The van der Waals surface area contributed by atoms with E-state index in [2.05, 4.69) is 0 Å². The van der Waals surface area contributed by atoms with Crippen LogP contribution in [-0.2, 0) is 0 Å². The molecule has 5 heteroatoms. The van der Waals surface area contributed by atoms with E-state index in [9.17, 15) is 13.6 Å². The van der Waals surface area contributed by atoms with E-state index in [1.807, 2.05) is 0 Å². The summed E-state index contributed by atoms with van der Waals surface area (Å²) in [5.74, 6) is -2.67. The van der Waals surface area contributed by atoms with Crippen LogP contribution in [0.3, 0.4) is 0 Å². The Hall–Kier alpha value is -1.94. The molecule has 0 bridgehead atoms. The predicted molar refractivity (Wildman–Crippen MR) is 67.6 cm³/mol. The third-order valence-electron chi connectivity index (χ3n) is 2.41. The molecule has 0 N–H and O–H groups in total. The number of benzene rings is 2. The number of hydrogen-bond donors (Lipinski definition) is 0. The molecule has 0 aliphatic heterocycles. The van der Waals surface area contributed by atoms with Crippen molar-refractivity contribution < 1.29 is 18.3 Å². The Kier molecular flexibility index (Phi) is 4.12. The van der Waals surface area contributed by atoms with Gasteiger partial charge in [-0.2, -0.15) is 0 Å². The second kappa shape index (κ2) is 5.80. The third kappa shape index (κ3) is 3.29. The van der Waals surface area contributed by atoms with Crippen molar-refractivity contribution in [2.45, 2.75) is 0 Å². The van der Waals surface area contributed by atoms with Crippen molar-refractivity contribution in [3.63, 3.8) is 0 Å². The Bertz CT molecular complexity index is 594. The quantitative estimate of drug-likeness (QED) is 0.796. The number of ketones is 1. The van der Waals surface area contributed by atoms with Gasteiger partial charge in [0, 0.05) is 10.6 Å². The summed E-state index contributed by atoms with van der Waals surface area (Å²) >= 11 is 5.74. The van der Waals surface area contributed by atoms with Crippen LogP contribution in [0.1, 0.15) is 10.4 Å². The summed E-state index contributed by atoms with van der Waals surface area (Å²) < 4.78 is 31.4. The monoisotopic (exact) mass is 282 g/mol. The molecule has 2 aromatic rings. The number of rotatable bonds is 4. The summed E-state index contributed by atoms with van der Waals surface area (Å²) in [6, 6.07) is 9.58. The van der Waals surface area contributed by atoms with Crippen LogP contribution in [-0.4, -0.2) is 12.4 Å². The summed E-state index contributed by atoms with van der Waals surface area (Å²) in [5, 5.41) is 0.405. The van der Waals surface area contributed by atoms with E-state index in [0.717, 1.165) is 12.1 Å². The number of hydrogen-bond acceptors (Lipinski definition) is 2. The SMILES string of the molecule is O=C(COc1c(F)cccc1F)c1cccc(Cl)c1. The minimum Gasteiger partial charge on any atom is -0.479 e. The van der Waals surface area contributed by atoms with Gasteiger partial charge in [-0.1, -0.05) is 29.8 Å². The van der Waals surface area contributed by atoms with Gasteiger partial charge >= 0.3 is 0 Å². The van der Waals surface area contributed by atoms with Gasteiger partial charge in [0.2, 0.25) is 0 Å². The van der Waals surface area contributed by atoms with Gasteiger partial charge in [-0.05, 0) is 24.3 Å². The molecule has 0 amide bonds. The Balaban J connectivity index is 2.09. The third-order valence-corrected chi connectivity index (χ3v) is 2.65. The highest BCUT2D eigenvalue weighted by atomic mass is 35.5. The molecule has 19 heavy (non-hydrogen) atoms. The van der Waals surface area contributed by atoms with E-state index < -0.39 is 29.8 Å². The molecule has 0 spiro atoms. The number of para-hydroxylation sites is 1. The van der Waals surface area contributed by atoms with Crippen LogP contribution in [0.5, 0.6) is 5.75 Å². The van der Waals surface area contributed by atoms with E-state index in [1.165, 1.54) is 12.1 Å². The Labute approximate surface area is 113 Å². The van der Waals surface area contributed by atoms with Crippen molar-refractivity contribution in [1.29, 1.82) is 0 Å². The van der Waals surface area contributed by atoms with Crippen LogP contribution in [0.15, 0.2) is 42.5 Å². The molecule has 2 nitrogen and oxygen atoms in total. The van der Waals surface area contributed by atoms with Crippen molar-refractivity contribution >= 4 is 17.4 Å². The average Bonchev–Trinajstić information content (AvgIpc) is 2.38. The second-order valence-corrected chi connectivity index (χ2v) is 4.21. The van der Waals surface area contributed by atoms with Crippen LogP contribution in [0.25, 0.3) is 0 Å². The summed E-state index contributed by atoms with van der Waals surface area (Å²) in [5.41, 5.74) is 0.323. The Morgan fingerprint density at radius 1 is 1.11 bits per heavy atom. The molecule has 0 atom stereocenters. The fourth-order valence-corrected chi connectivity index (χ4v) is 1.69. The molecule has 0 heterocycles. The molecule has 0 unspecified atom stereocenters. The molecule has 2 aromatic carbocycles. The van der Waals surface area contributed by atoms with Gasteiger partial charge in [0.25, 0.3) is 0 Å². The smallest absolute Gasteiger partial charge is 0.200 e. The molecule has 0 radical (unpaired) electrons. The first-order chi connectivity index (χ1) is 9.08. The van der Waals surface area contributed by atoms with Crippen molar-refractivity contribution in [2.75, 3.05) is 6.61 Å². The van der Waals surface area contributed by atoms with E-state index in [0.29, 0.717) is 10.6 Å². The second-order valence-electron chi connectivity index (χ2n) is 3.77. The number of Topliss-reactive ketones (excluding diaryl/α,β-unsaturated/α-hetero) is 1. The Morgan fingerprint density at radius 3 is 2.37 bits per heavy atom. The first-order valence-electron chi connectivity index (χ1n) is 5.43. The first kappa shape index (κ1) is 13.5. The van der Waals surface area contributed by atoms with E-state index >= 15 is 0 Å². The maximum atomic E-state index is 13.3. The zero-order chi connectivity index (χ0) is 13.8. The standard InChI is InChI=1S/C14H9ClF2O2/c15-10-4-1-3-9(7-10)13(18)8-19-14-11(16)5-2-6-12(14)17/h1-7H,8H2. The van der Waals surface area contributed by atoms with Gasteiger partial charge in [-0.3, -0.25) is 4.79 Å². The van der Waals surface area contributed by atoms with Gasteiger partial charge < -0.3 is 4.74 Å². The largest absolute Gasteiger partial charge is 0.479 e. The van der Waals surface area contributed by atoms with Crippen molar-refractivity contribution in [2.24, 2.45) is 0 Å².